The van der Waals surface area contributed by atoms with Gasteiger partial charge in [-0.05, 0) is 91.7 Å². The van der Waals surface area contributed by atoms with Crippen molar-refractivity contribution in [2.75, 3.05) is 80.8 Å². The van der Waals surface area contributed by atoms with Gasteiger partial charge in [0.15, 0.2) is 23.0 Å². The first-order valence-electron chi connectivity index (χ1n) is 16.9. The second-order valence-corrected chi connectivity index (χ2v) is 13.0. The third kappa shape index (κ3) is 5.44. The highest BCUT2D eigenvalue weighted by Gasteiger charge is 2.56. The topological polar surface area (TPSA) is 75.7 Å². The maximum absolute atomic E-state index is 14.2. The van der Waals surface area contributed by atoms with Gasteiger partial charge in [-0.3, -0.25) is 14.6 Å². The molecular weight excluding hydrogens is 568 g/mol. The zero-order valence-corrected chi connectivity index (χ0v) is 28.1. The van der Waals surface area contributed by atoms with Crippen LogP contribution in [0.15, 0.2) is 24.3 Å². The van der Waals surface area contributed by atoms with E-state index >= 15 is 0 Å². The fourth-order valence-corrected chi connectivity index (χ4v) is 9.13. The second kappa shape index (κ2) is 13.4. The number of hydrogen-bond donors (Lipinski definition) is 1. The van der Waals surface area contributed by atoms with E-state index < -0.39 is 0 Å². The molecule has 45 heavy (non-hydrogen) atoms. The van der Waals surface area contributed by atoms with Crippen LogP contribution in [0.25, 0.3) is 0 Å². The number of likely N-dealkylation sites (N-methyl/N-ethyl adjacent to an activating group) is 2. The normalized spacial score (nSPS) is 27.1. The Kier molecular flexibility index (Phi) is 9.50. The molecule has 0 bridgehead atoms. The summed E-state index contributed by atoms with van der Waals surface area (Å²) in [6.45, 7) is 11.7. The van der Waals surface area contributed by atoms with Crippen molar-refractivity contribution >= 4 is 5.91 Å². The van der Waals surface area contributed by atoms with Gasteiger partial charge >= 0.3 is 0 Å². The molecule has 1 aliphatic carbocycles. The maximum atomic E-state index is 14.2. The molecule has 1 N–H and O–H groups in total. The van der Waals surface area contributed by atoms with Gasteiger partial charge in [0.2, 0.25) is 5.91 Å². The highest BCUT2D eigenvalue weighted by molar-refractivity contribution is 5.79. The van der Waals surface area contributed by atoms with Crippen molar-refractivity contribution in [3.8, 4) is 23.0 Å². The summed E-state index contributed by atoms with van der Waals surface area (Å²) in [6, 6.07) is 9.00. The summed E-state index contributed by atoms with van der Waals surface area (Å²) in [5.74, 6) is 3.58. The largest absolute Gasteiger partial charge is 0.493 e. The van der Waals surface area contributed by atoms with Crippen molar-refractivity contribution in [3.05, 3.63) is 46.5 Å². The summed E-state index contributed by atoms with van der Waals surface area (Å²) in [6.07, 6.45) is 4.56. The Balaban J connectivity index is 1.55. The van der Waals surface area contributed by atoms with Crippen molar-refractivity contribution < 1.29 is 23.7 Å². The lowest BCUT2D eigenvalue weighted by molar-refractivity contribution is -0.142. The van der Waals surface area contributed by atoms with Crippen LogP contribution in [0.1, 0.15) is 61.4 Å². The molecule has 9 heteroatoms. The Morgan fingerprint density at radius 1 is 0.822 bits per heavy atom. The van der Waals surface area contributed by atoms with E-state index in [2.05, 4.69) is 58.1 Å². The van der Waals surface area contributed by atoms with Crippen LogP contribution >= 0.6 is 0 Å². The van der Waals surface area contributed by atoms with Gasteiger partial charge in [-0.2, -0.15) is 0 Å². The Morgan fingerprint density at radius 3 is 2.09 bits per heavy atom. The Bertz CT molecular complexity index is 1380. The van der Waals surface area contributed by atoms with Crippen molar-refractivity contribution in [1.29, 1.82) is 0 Å². The van der Waals surface area contributed by atoms with Gasteiger partial charge in [0.05, 0.1) is 34.0 Å². The number of piperazine rings is 1. The van der Waals surface area contributed by atoms with Gasteiger partial charge in [-0.1, -0.05) is 13.8 Å². The smallest absolute Gasteiger partial charge is 0.225 e. The summed E-state index contributed by atoms with van der Waals surface area (Å²) in [5.41, 5.74) is 5.04. The van der Waals surface area contributed by atoms with Gasteiger partial charge in [-0.25, -0.2) is 0 Å². The molecule has 4 aliphatic rings. The number of benzene rings is 2. The fourth-order valence-electron chi connectivity index (χ4n) is 9.13. The molecule has 2 aromatic carbocycles. The molecule has 0 radical (unpaired) electrons. The number of carbonyl (C=O) groups excluding carboxylic acids is 1. The number of hydrogen-bond acceptors (Lipinski definition) is 8. The Labute approximate surface area is 269 Å². The van der Waals surface area contributed by atoms with Crippen LogP contribution in [-0.2, 0) is 23.2 Å². The molecule has 1 saturated carbocycles. The molecule has 246 valence electrons. The molecule has 0 aromatic heterocycles. The summed E-state index contributed by atoms with van der Waals surface area (Å²) < 4.78 is 23.4. The van der Waals surface area contributed by atoms with Crippen LogP contribution in [0.5, 0.6) is 23.0 Å². The first-order valence-corrected chi connectivity index (χ1v) is 16.9. The van der Waals surface area contributed by atoms with E-state index in [1.807, 2.05) is 0 Å². The third-order valence-corrected chi connectivity index (χ3v) is 11.3. The minimum Gasteiger partial charge on any atom is -0.493 e. The SMILES string of the molecule is CCN1CCc2cc(OC)c(OC)cc2C1C1CC(C(=O)N2CCNCC2)CCC12c1cc(OC)c(OC)cc1CCN2CC. The number of fused-ring (bicyclic) bond motifs is 3. The first kappa shape index (κ1) is 32.0. The highest BCUT2D eigenvalue weighted by Crippen LogP contribution is 2.58. The van der Waals surface area contributed by atoms with E-state index in [9.17, 15) is 4.79 Å². The number of nitrogens with one attached hydrogen (secondary N) is 1. The Morgan fingerprint density at radius 2 is 1.44 bits per heavy atom. The molecule has 1 saturated heterocycles. The van der Waals surface area contributed by atoms with Crippen LogP contribution in [0.3, 0.4) is 0 Å². The molecule has 2 aromatic rings. The van der Waals surface area contributed by atoms with Gasteiger partial charge < -0.3 is 29.2 Å². The molecule has 3 heterocycles. The van der Waals surface area contributed by atoms with Crippen molar-refractivity contribution in [2.24, 2.45) is 11.8 Å². The lowest BCUT2D eigenvalue weighted by atomic mass is 9.58. The van der Waals surface area contributed by atoms with Crippen LogP contribution in [0.4, 0.5) is 0 Å². The van der Waals surface area contributed by atoms with E-state index in [1.165, 1.54) is 22.3 Å². The van der Waals surface area contributed by atoms with E-state index in [4.69, 9.17) is 18.9 Å². The number of rotatable bonds is 8. The van der Waals surface area contributed by atoms with Gasteiger partial charge in [-0.15, -0.1) is 0 Å². The van der Waals surface area contributed by atoms with Crippen molar-refractivity contribution in [2.45, 2.75) is 57.5 Å². The number of methoxy groups -OCH3 is 4. The molecule has 1 spiro atoms. The number of amides is 1. The average Bonchev–Trinajstić information content (AvgIpc) is 3.10. The van der Waals surface area contributed by atoms with Crippen molar-refractivity contribution in [3.63, 3.8) is 0 Å². The van der Waals surface area contributed by atoms with Gasteiger partial charge in [0.25, 0.3) is 0 Å². The van der Waals surface area contributed by atoms with E-state index in [-0.39, 0.29) is 23.4 Å². The van der Waals surface area contributed by atoms with E-state index in [0.29, 0.717) is 5.91 Å². The van der Waals surface area contributed by atoms with E-state index in [1.54, 1.807) is 28.4 Å². The summed E-state index contributed by atoms with van der Waals surface area (Å²) in [7, 11) is 6.88. The summed E-state index contributed by atoms with van der Waals surface area (Å²) >= 11 is 0. The molecule has 1 amide bonds. The van der Waals surface area contributed by atoms with Crippen LogP contribution in [0.2, 0.25) is 0 Å². The average molecular weight is 621 g/mol. The van der Waals surface area contributed by atoms with Gasteiger partial charge in [0.1, 0.15) is 0 Å². The first-order chi connectivity index (χ1) is 21.9. The van der Waals surface area contributed by atoms with Crippen LogP contribution in [0, 0.1) is 11.8 Å². The lowest BCUT2D eigenvalue weighted by Crippen LogP contribution is -2.61. The number of nitrogens with zero attached hydrogens (tertiary/aromatic N) is 3. The summed E-state index contributed by atoms with van der Waals surface area (Å²) in [5, 5.41) is 3.42. The molecule has 9 nitrogen and oxygen atoms in total. The predicted molar refractivity (Wildman–Crippen MR) is 176 cm³/mol. The predicted octanol–water partition coefficient (Wildman–Crippen LogP) is 4.26. The standard InChI is InChI=1S/C36H52N4O5/c1-7-38-15-10-24-20-30(42-3)32(44-5)22-27(24)34(38)29-19-26(35(41)39-17-13-37-14-18-39)9-12-36(29)28-23-33(45-6)31(43-4)21-25(28)11-16-40(36)8-2/h20-23,26,29,34,37H,7-19H2,1-6H3. The maximum Gasteiger partial charge on any atom is 0.225 e. The minimum absolute atomic E-state index is 0.00724. The zero-order chi connectivity index (χ0) is 31.7. The number of carbonyl (C=O) groups is 1. The molecule has 6 rings (SSSR count). The molecule has 4 atom stereocenters. The quantitative estimate of drug-likeness (QED) is 0.470. The second-order valence-electron chi connectivity index (χ2n) is 13.0. The molecule has 3 aliphatic heterocycles. The molecule has 4 unspecified atom stereocenters. The zero-order valence-electron chi connectivity index (χ0n) is 28.1. The van der Waals surface area contributed by atoms with Crippen LogP contribution < -0.4 is 24.3 Å². The Hall–Kier alpha value is -3.01. The third-order valence-electron chi connectivity index (χ3n) is 11.3. The minimum atomic E-state index is -0.262. The van der Waals surface area contributed by atoms with Gasteiger partial charge in [0, 0.05) is 57.1 Å². The molecular formula is C36H52N4O5. The fraction of sp³-hybridized carbons (Fsp3) is 0.639. The highest BCUT2D eigenvalue weighted by atomic mass is 16.5. The van der Waals surface area contributed by atoms with Crippen molar-refractivity contribution in [1.82, 2.24) is 20.0 Å². The van der Waals surface area contributed by atoms with Crippen LogP contribution in [-0.4, -0.2) is 101 Å². The monoisotopic (exact) mass is 620 g/mol. The molecule has 2 fully saturated rings. The number of ether oxygens (including phenoxy) is 4. The summed E-state index contributed by atoms with van der Waals surface area (Å²) in [4.78, 5) is 21.7. The van der Waals surface area contributed by atoms with E-state index in [0.717, 1.165) is 107 Å². The lowest BCUT2D eigenvalue weighted by Gasteiger charge is -2.60.